The van der Waals surface area contributed by atoms with Crippen molar-refractivity contribution in [2.75, 3.05) is 26.1 Å². The highest BCUT2D eigenvalue weighted by Gasteiger charge is 2.21. The van der Waals surface area contributed by atoms with E-state index in [1.54, 1.807) is 32.5 Å². The van der Waals surface area contributed by atoms with Gasteiger partial charge in [0.15, 0.2) is 0 Å². The summed E-state index contributed by atoms with van der Waals surface area (Å²) in [6.45, 7) is 1.31. The monoisotopic (exact) mass is 673 g/mol. The van der Waals surface area contributed by atoms with Crippen LogP contribution in [-0.4, -0.2) is 47.4 Å². The maximum absolute atomic E-state index is 13.1. The second-order valence-corrected chi connectivity index (χ2v) is 11.9. The smallest absolute Gasteiger partial charge is 0.297 e. The molecule has 1 amide bonds. The largest absolute Gasteiger partial charge is 0.486 e. The first-order chi connectivity index (χ1) is 22.8. The molecule has 244 valence electrons. The van der Waals surface area contributed by atoms with Gasteiger partial charge in [0.25, 0.3) is 6.01 Å². The first-order valence-corrected chi connectivity index (χ1v) is 16.1. The van der Waals surface area contributed by atoms with Gasteiger partial charge in [0.1, 0.15) is 23.7 Å². The number of benzene rings is 3. The van der Waals surface area contributed by atoms with Crippen LogP contribution in [0.15, 0.2) is 79.0 Å². The molecule has 2 heterocycles. The molecule has 0 spiro atoms. The average molecular weight is 675 g/mol. The van der Waals surface area contributed by atoms with Crippen molar-refractivity contribution in [3.63, 3.8) is 0 Å². The molecule has 9 nitrogen and oxygen atoms in total. The fraction of sp³-hybridized carbons (Fsp3) is 0.278. The summed E-state index contributed by atoms with van der Waals surface area (Å²) in [5.74, 6) is 0.340. The third kappa shape index (κ3) is 8.29. The number of carbonyl (C=O) groups excluding carboxylic acids is 2. The van der Waals surface area contributed by atoms with Gasteiger partial charge in [-0.15, -0.1) is 0 Å². The molecule has 0 unspecified atom stereocenters. The highest BCUT2D eigenvalue weighted by Crippen LogP contribution is 2.36. The van der Waals surface area contributed by atoms with Crippen LogP contribution < -0.4 is 19.7 Å². The summed E-state index contributed by atoms with van der Waals surface area (Å²) in [5, 5.41) is 3.82. The Morgan fingerprint density at radius 3 is 2.45 bits per heavy atom. The number of Topliss-reactive ketones (excluding diaryl/α,β-unsaturated/α-hetero) is 1. The van der Waals surface area contributed by atoms with Crippen LogP contribution in [0.25, 0.3) is 11.0 Å². The fourth-order valence-corrected chi connectivity index (χ4v) is 5.90. The predicted molar refractivity (Wildman–Crippen MR) is 186 cm³/mol. The summed E-state index contributed by atoms with van der Waals surface area (Å²) in [6.07, 6.45) is 3.00. The standard InChI is InChI=1S/C36H37Cl2N5O4/c1-39-21-25-12-10-24(11-13-25)14-15-27(44)16-19-33(45)42(2)30-18-17-29(37)28(34(30)38)23-47-32-9-6-8-31-35(32)41-36(46-3)43(31)22-26-7-4-5-20-40-26/h4-13,17-18,20,39H,14-16,19,21-23H2,1-3H3. The Morgan fingerprint density at radius 2 is 1.72 bits per heavy atom. The number of hydrogen-bond donors (Lipinski definition) is 1. The van der Waals surface area contributed by atoms with E-state index >= 15 is 0 Å². The third-order valence-electron chi connectivity index (χ3n) is 7.92. The van der Waals surface area contributed by atoms with Crippen molar-refractivity contribution in [1.29, 1.82) is 0 Å². The van der Waals surface area contributed by atoms with Crippen molar-refractivity contribution in [3.8, 4) is 11.8 Å². The Balaban J connectivity index is 1.23. The number of fused-ring (bicyclic) bond motifs is 1. The second-order valence-electron chi connectivity index (χ2n) is 11.1. The van der Waals surface area contributed by atoms with Gasteiger partial charge in [-0.05, 0) is 61.0 Å². The van der Waals surface area contributed by atoms with Gasteiger partial charge in [0, 0.05) is 49.6 Å². The molecule has 1 N–H and O–H groups in total. The van der Waals surface area contributed by atoms with E-state index in [0.29, 0.717) is 58.0 Å². The Hall–Kier alpha value is -4.44. The number of pyridine rings is 1. The number of halogens is 2. The van der Waals surface area contributed by atoms with Gasteiger partial charge < -0.3 is 19.7 Å². The predicted octanol–water partition coefficient (Wildman–Crippen LogP) is 7.04. The molecule has 2 aromatic heterocycles. The lowest BCUT2D eigenvalue weighted by Gasteiger charge is -2.21. The van der Waals surface area contributed by atoms with E-state index in [9.17, 15) is 9.59 Å². The summed E-state index contributed by atoms with van der Waals surface area (Å²) in [5.41, 5.74) is 5.59. The molecule has 0 aliphatic rings. The van der Waals surface area contributed by atoms with Crippen LogP contribution in [-0.2, 0) is 35.7 Å². The summed E-state index contributed by atoms with van der Waals surface area (Å²) in [7, 11) is 5.12. The van der Waals surface area contributed by atoms with E-state index < -0.39 is 0 Å². The number of ether oxygens (including phenoxy) is 2. The van der Waals surface area contributed by atoms with Crippen molar-refractivity contribution in [3.05, 3.63) is 111 Å². The van der Waals surface area contributed by atoms with Gasteiger partial charge >= 0.3 is 0 Å². The number of amides is 1. The molecular weight excluding hydrogens is 637 g/mol. The number of nitrogens with one attached hydrogen (secondary N) is 1. The minimum Gasteiger partial charge on any atom is -0.486 e. The number of anilines is 1. The molecule has 3 aromatic carbocycles. The summed E-state index contributed by atoms with van der Waals surface area (Å²) in [4.78, 5) is 36.3. The Morgan fingerprint density at radius 1 is 0.936 bits per heavy atom. The van der Waals surface area contributed by atoms with Gasteiger partial charge in [-0.2, -0.15) is 4.98 Å². The van der Waals surface area contributed by atoms with Crippen molar-refractivity contribution >= 4 is 51.6 Å². The van der Waals surface area contributed by atoms with E-state index in [2.05, 4.69) is 27.4 Å². The average Bonchev–Trinajstić information content (AvgIpc) is 3.45. The second kappa shape index (κ2) is 15.9. The minimum atomic E-state index is -0.221. The summed E-state index contributed by atoms with van der Waals surface area (Å²) in [6, 6.07) is 23.4. The number of imidazole rings is 1. The van der Waals surface area contributed by atoms with Crippen LogP contribution in [0, 0.1) is 0 Å². The van der Waals surface area contributed by atoms with E-state index in [1.807, 2.05) is 60.1 Å². The number of aromatic nitrogens is 3. The van der Waals surface area contributed by atoms with Crippen LogP contribution in [0.3, 0.4) is 0 Å². The molecule has 5 rings (SSSR count). The SMILES string of the molecule is CNCc1ccc(CCC(=O)CCC(=O)N(C)c2ccc(Cl)c(COc3cccc4c3nc(OC)n4Cc3ccccn3)c2Cl)cc1. The maximum Gasteiger partial charge on any atom is 0.297 e. The van der Waals surface area contributed by atoms with Gasteiger partial charge in [-0.25, -0.2) is 0 Å². The fourth-order valence-electron chi connectivity index (χ4n) is 5.29. The Labute approximate surface area is 284 Å². The van der Waals surface area contributed by atoms with E-state index in [-0.39, 0.29) is 31.1 Å². The number of para-hydroxylation sites is 1. The van der Waals surface area contributed by atoms with Crippen molar-refractivity contribution in [2.24, 2.45) is 0 Å². The highest BCUT2D eigenvalue weighted by molar-refractivity contribution is 6.38. The number of methoxy groups -OCH3 is 1. The number of rotatable bonds is 15. The van der Waals surface area contributed by atoms with Crippen molar-refractivity contribution in [2.45, 2.75) is 45.4 Å². The number of hydrogen-bond acceptors (Lipinski definition) is 7. The molecule has 11 heteroatoms. The van der Waals surface area contributed by atoms with Gasteiger partial charge in [0.2, 0.25) is 5.91 Å². The molecule has 0 aliphatic carbocycles. The zero-order valence-electron chi connectivity index (χ0n) is 26.6. The lowest BCUT2D eigenvalue weighted by atomic mass is 10.0. The van der Waals surface area contributed by atoms with Crippen LogP contribution >= 0.6 is 23.2 Å². The quantitative estimate of drug-likeness (QED) is 0.127. The van der Waals surface area contributed by atoms with Crippen LogP contribution in [0.1, 0.15) is 41.6 Å². The number of carbonyl (C=O) groups is 2. The number of nitrogens with zero attached hydrogens (tertiary/aromatic N) is 4. The number of ketones is 1. The maximum atomic E-state index is 13.1. The van der Waals surface area contributed by atoms with E-state index in [0.717, 1.165) is 23.3 Å². The van der Waals surface area contributed by atoms with E-state index in [1.165, 1.54) is 10.5 Å². The summed E-state index contributed by atoms with van der Waals surface area (Å²) >= 11 is 13.4. The first kappa shape index (κ1) is 33.9. The third-order valence-corrected chi connectivity index (χ3v) is 8.70. The zero-order valence-corrected chi connectivity index (χ0v) is 28.1. The number of aryl methyl sites for hydroxylation is 1. The molecule has 0 aliphatic heterocycles. The van der Waals surface area contributed by atoms with Gasteiger partial charge in [-0.3, -0.25) is 19.1 Å². The molecule has 47 heavy (non-hydrogen) atoms. The molecule has 0 atom stereocenters. The zero-order chi connectivity index (χ0) is 33.3. The Kier molecular flexibility index (Phi) is 11.5. The van der Waals surface area contributed by atoms with Crippen molar-refractivity contribution in [1.82, 2.24) is 19.9 Å². The molecule has 0 bridgehead atoms. The molecule has 0 radical (unpaired) electrons. The molecule has 0 saturated heterocycles. The van der Waals surface area contributed by atoms with Crippen LogP contribution in [0.5, 0.6) is 11.8 Å². The molecule has 0 fully saturated rings. The van der Waals surface area contributed by atoms with Gasteiger partial charge in [-0.1, -0.05) is 59.6 Å². The highest BCUT2D eigenvalue weighted by atomic mass is 35.5. The topological polar surface area (TPSA) is 98.6 Å². The normalized spacial score (nSPS) is 11.1. The molecular formula is C36H37Cl2N5O4. The molecule has 5 aromatic rings. The lowest BCUT2D eigenvalue weighted by Crippen LogP contribution is -2.27. The minimum absolute atomic E-state index is 0.0376. The van der Waals surface area contributed by atoms with Crippen molar-refractivity contribution < 1.29 is 19.1 Å². The lowest BCUT2D eigenvalue weighted by molar-refractivity contribution is -0.123. The summed E-state index contributed by atoms with van der Waals surface area (Å²) < 4.78 is 13.7. The Bertz CT molecular complexity index is 1840. The van der Waals surface area contributed by atoms with Crippen LogP contribution in [0.2, 0.25) is 10.0 Å². The first-order valence-electron chi connectivity index (χ1n) is 15.3. The van der Waals surface area contributed by atoms with E-state index in [4.69, 9.17) is 32.7 Å². The van der Waals surface area contributed by atoms with Gasteiger partial charge in [0.05, 0.1) is 35.6 Å². The molecule has 0 saturated carbocycles. The van der Waals surface area contributed by atoms with Crippen LogP contribution in [0.4, 0.5) is 5.69 Å².